The molecule has 1 heterocycles. The van der Waals surface area contributed by atoms with Gasteiger partial charge in [-0.05, 0) is 46.1 Å². The van der Waals surface area contributed by atoms with Gasteiger partial charge in [-0.25, -0.2) is 9.59 Å². The first kappa shape index (κ1) is 14.7. The van der Waals surface area contributed by atoms with E-state index in [1.165, 1.54) is 0 Å². The molecule has 0 saturated carbocycles. The van der Waals surface area contributed by atoms with Crippen molar-refractivity contribution in [2.45, 2.75) is 44.8 Å². The van der Waals surface area contributed by atoms with Crippen molar-refractivity contribution < 1.29 is 19.4 Å². The highest BCUT2D eigenvalue weighted by molar-refractivity contribution is 6.04. The molecule has 5 heteroatoms. The van der Waals surface area contributed by atoms with Crippen molar-refractivity contribution in [2.75, 3.05) is 6.54 Å². The van der Waals surface area contributed by atoms with Crippen LogP contribution in [0.4, 0.5) is 0 Å². The van der Waals surface area contributed by atoms with Crippen molar-refractivity contribution in [3.8, 4) is 0 Å². The van der Waals surface area contributed by atoms with Gasteiger partial charge in [-0.15, -0.1) is 6.58 Å². The van der Waals surface area contributed by atoms with E-state index in [9.17, 15) is 14.7 Å². The molecule has 1 fully saturated rings. The van der Waals surface area contributed by atoms with E-state index < -0.39 is 23.1 Å². The fourth-order valence-corrected chi connectivity index (χ4v) is 2.07. The van der Waals surface area contributed by atoms with E-state index in [1.54, 1.807) is 26.8 Å². The van der Waals surface area contributed by atoms with Gasteiger partial charge in [0.2, 0.25) is 5.54 Å². The smallest absolute Gasteiger partial charge is 0.338 e. The summed E-state index contributed by atoms with van der Waals surface area (Å²) in [5.41, 5.74) is -2.31. The zero-order chi connectivity index (χ0) is 14.0. The van der Waals surface area contributed by atoms with Gasteiger partial charge in [0.25, 0.3) is 0 Å². The van der Waals surface area contributed by atoms with Crippen molar-refractivity contribution in [1.82, 2.24) is 5.32 Å². The van der Waals surface area contributed by atoms with E-state index in [4.69, 9.17) is 4.74 Å². The second-order valence-electron chi connectivity index (χ2n) is 5.69. The second kappa shape index (κ2) is 5.10. The average Bonchev–Trinajstić information content (AvgIpc) is 2.61. The van der Waals surface area contributed by atoms with Crippen molar-refractivity contribution in [3.63, 3.8) is 0 Å². The van der Waals surface area contributed by atoms with Crippen LogP contribution in [0.1, 0.15) is 33.6 Å². The summed E-state index contributed by atoms with van der Waals surface area (Å²) in [6.07, 6.45) is 2.66. The van der Waals surface area contributed by atoms with Crippen molar-refractivity contribution >= 4 is 11.9 Å². The van der Waals surface area contributed by atoms with Crippen LogP contribution in [0.2, 0.25) is 0 Å². The highest BCUT2D eigenvalue weighted by Crippen LogP contribution is 2.29. The number of carbonyl (C=O) groups excluding carboxylic acids is 1. The Kier molecular flexibility index (Phi) is 4.16. The maximum absolute atomic E-state index is 12.1. The zero-order valence-electron chi connectivity index (χ0n) is 11.2. The largest absolute Gasteiger partial charge is 0.479 e. The highest BCUT2D eigenvalue weighted by Gasteiger charge is 2.53. The topological polar surface area (TPSA) is 75.6 Å². The Morgan fingerprint density at radius 3 is 2.61 bits per heavy atom. The molecule has 0 aromatic carbocycles. The molecular formula is C13H21NO4. The van der Waals surface area contributed by atoms with Crippen molar-refractivity contribution in [3.05, 3.63) is 12.7 Å². The molecule has 1 rings (SSSR count). The number of ether oxygens (including phenoxy) is 1. The summed E-state index contributed by atoms with van der Waals surface area (Å²) in [5.74, 6) is -1.79. The Hall–Kier alpha value is -1.36. The SMILES string of the molecule is C=CCC1CNC(C(=O)O)(C(=O)OC(C)(C)C)C1. The van der Waals surface area contributed by atoms with E-state index in [-0.39, 0.29) is 12.3 Å². The third-order valence-corrected chi connectivity index (χ3v) is 2.90. The Balaban J connectivity index is 2.87. The van der Waals surface area contributed by atoms with Crippen molar-refractivity contribution in [1.29, 1.82) is 0 Å². The van der Waals surface area contributed by atoms with Crippen LogP contribution in [0.5, 0.6) is 0 Å². The molecule has 1 saturated heterocycles. The number of rotatable bonds is 4. The predicted octanol–water partition coefficient (Wildman–Crippen LogP) is 1.34. The lowest BCUT2D eigenvalue weighted by atomic mass is 9.91. The number of carboxylic acid groups (broad SMARTS) is 1. The molecule has 1 aliphatic heterocycles. The van der Waals surface area contributed by atoms with Crippen LogP contribution in [0, 0.1) is 5.92 Å². The van der Waals surface area contributed by atoms with Gasteiger partial charge in [0.15, 0.2) is 0 Å². The average molecular weight is 255 g/mol. The van der Waals surface area contributed by atoms with E-state index in [2.05, 4.69) is 11.9 Å². The third-order valence-electron chi connectivity index (χ3n) is 2.90. The molecule has 0 spiro atoms. The quantitative estimate of drug-likeness (QED) is 0.450. The van der Waals surface area contributed by atoms with Crippen LogP contribution in [-0.4, -0.2) is 34.7 Å². The number of allylic oxidation sites excluding steroid dienone is 1. The Morgan fingerprint density at radius 1 is 1.56 bits per heavy atom. The molecule has 2 unspecified atom stereocenters. The lowest BCUT2D eigenvalue weighted by Gasteiger charge is -2.28. The van der Waals surface area contributed by atoms with Crippen LogP contribution in [0.3, 0.4) is 0 Å². The minimum Gasteiger partial charge on any atom is -0.479 e. The monoisotopic (exact) mass is 255 g/mol. The Labute approximate surface area is 107 Å². The fraction of sp³-hybridized carbons (Fsp3) is 0.692. The molecule has 0 radical (unpaired) electrons. The summed E-state index contributed by atoms with van der Waals surface area (Å²) in [4.78, 5) is 23.5. The lowest BCUT2D eigenvalue weighted by molar-refractivity contribution is -0.170. The predicted molar refractivity (Wildman–Crippen MR) is 67.1 cm³/mol. The van der Waals surface area contributed by atoms with Gasteiger partial charge in [0.1, 0.15) is 5.60 Å². The molecular weight excluding hydrogens is 234 g/mol. The molecule has 0 amide bonds. The molecule has 2 atom stereocenters. The van der Waals surface area contributed by atoms with Crippen LogP contribution in [-0.2, 0) is 14.3 Å². The van der Waals surface area contributed by atoms with Gasteiger partial charge in [-0.3, -0.25) is 5.32 Å². The van der Waals surface area contributed by atoms with Gasteiger partial charge in [0, 0.05) is 0 Å². The number of hydrogen-bond donors (Lipinski definition) is 2. The molecule has 2 N–H and O–H groups in total. The van der Waals surface area contributed by atoms with Gasteiger partial charge in [-0.1, -0.05) is 6.08 Å². The zero-order valence-corrected chi connectivity index (χ0v) is 11.2. The fourth-order valence-electron chi connectivity index (χ4n) is 2.07. The molecule has 0 bridgehead atoms. The number of aliphatic carboxylic acids is 1. The molecule has 0 aromatic heterocycles. The number of carbonyl (C=O) groups is 2. The first-order valence-electron chi connectivity index (χ1n) is 6.04. The van der Waals surface area contributed by atoms with Crippen LogP contribution in [0.15, 0.2) is 12.7 Å². The molecule has 1 aliphatic rings. The first-order chi connectivity index (χ1) is 8.21. The summed E-state index contributed by atoms with van der Waals surface area (Å²) in [5, 5.41) is 12.1. The molecule has 18 heavy (non-hydrogen) atoms. The van der Waals surface area contributed by atoms with Gasteiger partial charge in [0.05, 0.1) is 0 Å². The van der Waals surface area contributed by atoms with Crippen LogP contribution >= 0.6 is 0 Å². The molecule has 0 aliphatic carbocycles. The Morgan fingerprint density at radius 2 is 2.17 bits per heavy atom. The summed E-state index contributed by atoms with van der Waals surface area (Å²) < 4.78 is 5.20. The molecule has 5 nitrogen and oxygen atoms in total. The number of esters is 1. The van der Waals surface area contributed by atoms with Gasteiger partial charge < -0.3 is 9.84 Å². The molecule has 0 aromatic rings. The number of hydrogen-bond acceptors (Lipinski definition) is 4. The molecule has 102 valence electrons. The summed E-state index contributed by atoms with van der Waals surface area (Å²) in [6.45, 7) is 9.27. The van der Waals surface area contributed by atoms with Gasteiger partial charge >= 0.3 is 11.9 Å². The summed E-state index contributed by atoms with van der Waals surface area (Å²) >= 11 is 0. The van der Waals surface area contributed by atoms with E-state index >= 15 is 0 Å². The summed E-state index contributed by atoms with van der Waals surface area (Å²) in [6, 6.07) is 0. The Bertz CT molecular complexity index is 358. The minimum absolute atomic E-state index is 0.103. The normalized spacial score (nSPS) is 27.8. The minimum atomic E-state index is -1.61. The maximum Gasteiger partial charge on any atom is 0.338 e. The number of nitrogens with one attached hydrogen (secondary N) is 1. The van der Waals surface area contributed by atoms with Crippen LogP contribution < -0.4 is 5.32 Å². The standard InChI is InChI=1S/C13H21NO4/c1-5-6-9-7-13(10(15)16,14-8-9)11(17)18-12(2,3)4/h5,9,14H,1,6-8H2,2-4H3,(H,15,16). The van der Waals surface area contributed by atoms with Gasteiger partial charge in [-0.2, -0.15) is 0 Å². The maximum atomic E-state index is 12.1. The first-order valence-corrected chi connectivity index (χ1v) is 6.04. The number of carboxylic acids is 1. The van der Waals surface area contributed by atoms with E-state index in [0.717, 1.165) is 0 Å². The van der Waals surface area contributed by atoms with Crippen molar-refractivity contribution in [2.24, 2.45) is 5.92 Å². The second-order valence-corrected chi connectivity index (χ2v) is 5.69. The lowest BCUT2D eigenvalue weighted by Crippen LogP contribution is -2.56. The third kappa shape index (κ3) is 3.10. The highest BCUT2D eigenvalue weighted by atomic mass is 16.6. The van der Waals surface area contributed by atoms with E-state index in [0.29, 0.717) is 13.0 Å². The van der Waals surface area contributed by atoms with E-state index in [1.807, 2.05) is 0 Å². The van der Waals surface area contributed by atoms with Crippen LogP contribution in [0.25, 0.3) is 0 Å². The summed E-state index contributed by atoms with van der Waals surface area (Å²) in [7, 11) is 0.